The van der Waals surface area contributed by atoms with Crippen molar-refractivity contribution in [3.8, 4) is 0 Å². The number of aryl methyl sites for hydroxylation is 1. The molecular weight excluding hydrogens is 278 g/mol. The molecule has 0 saturated heterocycles. The lowest BCUT2D eigenvalue weighted by Gasteiger charge is -2.05. The van der Waals surface area contributed by atoms with Crippen LogP contribution in [0.5, 0.6) is 0 Å². The molecule has 21 heavy (non-hydrogen) atoms. The summed E-state index contributed by atoms with van der Waals surface area (Å²) in [5, 5.41) is 18.0. The first kappa shape index (κ1) is 14.6. The summed E-state index contributed by atoms with van der Waals surface area (Å²) in [6.45, 7) is 0.509. The maximum Gasteiger partial charge on any atom is 0.371 e. The van der Waals surface area contributed by atoms with Crippen LogP contribution in [0.4, 0.5) is 4.79 Å². The molecule has 0 fully saturated rings. The van der Waals surface area contributed by atoms with Crippen molar-refractivity contribution in [1.29, 1.82) is 0 Å². The number of aromatic carboxylic acids is 1. The second-order valence-corrected chi connectivity index (χ2v) is 4.27. The molecule has 9 heteroatoms. The van der Waals surface area contributed by atoms with Crippen LogP contribution in [0.15, 0.2) is 22.9 Å². The van der Waals surface area contributed by atoms with Gasteiger partial charge in [-0.15, -0.1) is 0 Å². The lowest BCUT2D eigenvalue weighted by atomic mass is 10.4. The molecule has 0 aliphatic carbocycles. The molecular formula is C12H15N5O4. The van der Waals surface area contributed by atoms with Crippen LogP contribution in [0, 0.1) is 0 Å². The summed E-state index contributed by atoms with van der Waals surface area (Å²) < 4.78 is 6.60. The van der Waals surface area contributed by atoms with Gasteiger partial charge in [0.15, 0.2) is 5.82 Å². The van der Waals surface area contributed by atoms with Gasteiger partial charge in [-0.25, -0.2) is 14.6 Å². The lowest BCUT2D eigenvalue weighted by Crippen LogP contribution is -2.36. The topological polar surface area (TPSA) is 122 Å². The van der Waals surface area contributed by atoms with Crippen molar-refractivity contribution in [2.75, 3.05) is 6.54 Å². The Morgan fingerprint density at radius 3 is 2.81 bits per heavy atom. The molecule has 2 rings (SSSR count). The highest BCUT2D eigenvalue weighted by Crippen LogP contribution is 2.07. The number of carboxylic acids is 1. The number of furan rings is 1. The minimum Gasteiger partial charge on any atom is -0.475 e. The summed E-state index contributed by atoms with van der Waals surface area (Å²) in [5.41, 5.74) is 0. The Morgan fingerprint density at radius 1 is 1.38 bits per heavy atom. The van der Waals surface area contributed by atoms with Crippen molar-refractivity contribution in [3.05, 3.63) is 35.8 Å². The van der Waals surface area contributed by atoms with Crippen LogP contribution in [-0.4, -0.2) is 38.4 Å². The summed E-state index contributed by atoms with van der Waals surface area (Å²) >= 11 is 0. The molecule has 0 spiro atoms. The molecule has 2 aromatic heterocycles. The van der Waals surface area contributed by atoms with Crippen molar-refractivity contribution in [2.45, 2.75) is 13.0 Å². The van der Waals surface area contributed by atoms with Crippen LogP contribution in [0.25, 0.3) is 0 Å². The van der Waals surface area contributed by atoms with Gasteiger partial charge in [0.05, 0.1) is 6.54 Å². The number of carbonyl (C=O) groups excluding carboxylic acids is 1. The lowest BCUT2D eigenvalue weighted by molar-refractivity contribution is 0.0660. The summed E-state index contributed by atoms with van der Waals surface area (Å²) in [5.74, 6) is -0.286. The smallest absolute Gasteiger partial charge is 0.371 e. The van der Waals surface area contributed by atoms with E-state index in [-0.39, 0.29) is 18.3 Å². The van der Waals surface area contributed by atoms with Crippen LogP contribution in [0.3, 0.4) is 0 Å². The Bertz CT molecular complexity index is 633. The minimum absolute atomic E-state index is 0.112. The van der Waals surface area contributed by atoms with Gasteiger partial charge >= 0.3 is 12.0 Å². The van der Waals surface area contributed by atoms with E-state index in [0.29, 0.717) is 24.6 Å². The average molecular weight is 293 g/mol. The summed E-state index contributed by atoms with van der Waals surface area (Å²) in [6.07, 6.45) is 2.12. The summed E-state index contributed by atoms with van der Waals surface area (Å²) in [6, 6.07) is 2.46. The first-order chi connectivity index (χ1) is 10.0. The van der Waals surface area contributed by atoms with Gasteiger partial charge in [0.25, 0.3) is 0 Å². The van der Waals surface area contributed by atoms with E-state index in [1.807, 2.05) is 0 Å². The molecule has 3 N–H and O–H groups in total. The molecule has 0 saturated carbocycles. The van der Waals surface area contributed by atoms with E-state index >= 15 is 0 Å². The summed E-state index contributed by atoms with van der Waals surface area (Å²) in [4.78, 5) is 26.2. The van der Waals surface area contributed by atoms with Gasteiger partial charge in [0.2, 0.25) is 5.76 Å². The molecule has 112 valence electrons. The van der Waals surface area contributed by atoms with Crippen molar-refractivity contribution in [3.63, 3.8) is 0 Å². The zero-order valence-electron chi connectivity index (χ0n) is 11.4. The van der Waals surface area contributed by atoms with Gasteiger partial charge in [-0.05, 0) is 12.1 Å². The number of urea groups is 1. The van der Waals surface area contributed by atoms with Crippen LogP contribution >= 0.6 is 0 Å². The van der Waals surface area contributed by atoms with E-state index in [2.05, 4.69) is 20.7 Å². The largest absolute Gasteiger partial charge is 0.475 e. The first-order valence-corrected chi connectivity index (χ1v) is 6.23. The zero-order chi connectivity index (χ0) is 15.2. The molecule has 0 bridgehead atoms. The predicted octanol–water partition coefficient (Wildman–Crippen LogP) is 0.148. The SMILES string of the molecule is Cn1cnc(CCNC(=O)NCc2ccc(C(=O)O)o2)n1. The molecule has 9 nitrogen and oxygen atoms in total. The van der Waals surface area contributed by atoms with Gasteiger partial charge in [-0.3, -0.25) is 4.68 Å². The molecule has 0 aliphatic heterocycles. The van der Waals surface area contributed by atoms with E-state index in [9.17, 15) is 9.59 Å². The monoisotopic (exact) mass is 293 g/mol. The molecule has 2 aromatic rings. The number of carbonyl (C=O) groups is 2. The zero-order valence-corrected chi connectivity index (χ0v) is 11.4. The van der Waals surface area contributed by atoms with Gasteiger partial charge in [-0.2, -0.15) is 5.10 Å². The standard InChI is InChI=1S/C12H15N5O4/c1-17-7-15-10(16-17)4-5-13-12(20)14-6-8-2-3-9(21-8)11(18)19/h2-3,7H,4-6H2,1H3,(H,18,19)(H2,13,14,20). The quantitative estimate of drug-likeness (QED) is 0.696. The van der Waals surface area contributed by atoms with E-state index in [1.165, 1.54) is 12.1 Å². The van der Waals surface area contributed by atoms with E-state index < -0.39 is 5.97 Å². The van der Waals surface area contributed by atoms with Crippen molar-refractivity contribution in [1.82, 2.24) is 25.4 Å². The third-order valence-corrected chi connectivity index (χ3v) is 2.58. The maximum absolute atomic E-state index is 11.5. The highest BCUT2D eigenvalue weighted by molar-refractivity contribution is 5.84. The van der Waals surface area contributed by atoms with Gasteiger partial charge < -0.3 is 20.2 Å². The molecule has 0 aliphatic rings. The fraction of sp³-hybridized carbons (Fsp3) is 0.333. The number of hydrogen-bond donors (Lipinski definition) is 3. The third kappa shape index (κ3) is 4.34. The molecule has 0 radical (unpaired) electrons. The maximum atomic E-state index is 11.5. The highest BCUT2D eigenvalue weighted by Gasteiger charge is 2.09. The minimum atomic E-state index is -1.14. The molecule has 2 amide bonds. The number of rotatable bonds is 6. The number of hydrogen-bond acceptors (Lipinski definition) is 5. The number of amides is 2. The Hall–Kier alpha value is -2.84. The molecule has 0 unspecified atom stereocenters. The fourth-order valence-electron chi connectivity index (χ4n) is 1.60. The van der Waals surface area contributed by atoms with E-state index in [4.69, 9.17) is 9.52 Å². The molecule has 2 heterocycles. The van der Waals surface area contributed by atoms with Crippen molar-refractivity contribution >= 4 is 12.0 Å². The van der Waals surface area contributed by atoms with Gasteiger partial charge in [-0.1, -0.05) is 0 Å². The second kappa shape index (κ2) is 6.55. The van der Waals surface area contributed by atoms with Crippen molar-refractivity contribution < 1.29 is 19.1 Å². The Labute approximate surface area is 120 Å². The van der Waals surface area contributed by atoms with Gasteiger partial charge in [0, 0.05) is 20.0 Å². The number of nitrogens with zero attached hydrogens (tertiary/aromatic N) is 3. The van der Waals surface area contributed by atoms with Crippen LogP contribution < -0.4 is 10.6 Å². The fourth-order valence-corrected chi connectivity index (χ4v) is 1.60. The highest BCUT2D eigenvalue weighted by atomic mass is 16.4. The number of nitrogens with one attached hydrogen (secondary N) is 2. The van der Waals surface area contributed by atoms with Crippen LogP contribution in [-0.2, 0) is 20.0 Å². The van der Waals surface area contributed by atoms with Crippen LogP contribution in [0.2, 0.25) is 0 Å². The van der Waals surface area contributed by atoms with Crippen molar-refractivity contribution in [2.24, 2.45) is 7.05 Å². The second-order valence-electron chi connectivity index (χ2n) is 4.27. The molecule has 0 atom stereocenters. The summed E-state index contributed by atoms with van der Waals surface area (Å²) in [7, 11) is 1.77. The average Bonchev–Trinajstić information content (AvgIpc) is 3.05. The normalized spacial score (nSPS) is 10.3. The Kier molecular flexibility index (Phi) is 4.54. The predicted molar refractivity (Wildman–Crippen MR) is 70.6 cm³/mol. The molecule has 0 aromatic carbocycles. The Balaban J connectivity index is 1.68. The first-order valence-electron chi connectivity index (χ1n) is 6.23. The Morgan fingerprint density at radius 2 is 2.19 bits per heavy atom. The van der Waals surface area contributed by atoms with Crippen LogP contribution in [0.1, 0.15) is 22.1 Å². The number of carboxylic acid groups (broad SMARTS) is 1. The van der Waals surface area contributed by atoms with Gasteiger partial charge in [0.1, 0.15) is 12.1 Å². The van der Waals surface area contributed by atoms with E-state index in [1.54, 1.807) is 18.1 Å². The third-order valence-electron chi connectivity index (χ3n) is 2.58. The van der Waals surface area contributed by atoms with E-state index in [0.717, 1.165) is 0 Å². The number of aromatic nitrogens is 3.